The molecule has 0 saturated heterocycles. The fourth-order valence-electron chi connectivity index (χ4n) is 2.50. The Morgan fingerprint density at radius 1 is 0.760 bits per heavy atom. The molecule has 3 nitrogen and oxygen atoms in total. The minimum Gasteiger partial charge on any atom is -0.485 e. The molecule has 3 aromatic rings. The first-order valence-electron chi connectivity index (χ1n) is 8.19. The van der Waals surface area contributed by atoms with Gasteiger partial charge in [0.1, 0.15) is 19.5 Å². The van der Waals surface area contributed by atoms with Crippen molar-refractivity contribution in [3.8, 4) is 11.5 Å². The van der Waals surface area contributed by atoms with Crippen LogP contribution in [-0.2, 0) is 13.2 Å². The average molecular weight is 332 g/mol. The monoisotopic (exact) mass is 332 g/mol. The van der Waals surface area contributed by atoms with Crippen molar-refractivity contribution in [2.24, 2.45) is 0 Å². The molecule has 3 rings (SSSR count). The van der Waals surface area contributed by atoms with E-state index in [9.17, 15) is 4.79 Å². The zero-order valence-electron chi connectivity index (χ0n) is 14.1. The third-order valence-corrected chi connectivity index (χ3v) is 3.93. The summed E-state index contributed by atoms with van der Waals surface area (Å²) in [6, 6.07) is 23.5. The largest absolute Gasteiger partial charge is 0.485 e. The highest BCUT2D eigenvalue weighted by Gasteiger charge is 2.11. The normalized spacial score (nSPS) is 10.3. The number of carbonyl (C=O) groups excluding carboxylic acids is 1. The van der Waals surface area contributed by atoms with Gasteiger partial charge in [-0.1, -0.05) is 60.7 Å². The number of hydrogen-bond acceptors (Lipinski definition) is 3. The van der Waals surface area contributed by atoms with Gasteiger partial charge in [-0.2, -0.15) is 0 Å². The second kappa shape index (κ2) is 8.15. The molecule has 0 radical (unpaired) electrons. The Morgan fingerprint density at radius 3 is 1.72 bits per heavy atom. The van der Waals surface area contributed by atoms with Crippen molar-refractivity contribution in [3.63, 3.8) is 0 Å². The van der Waals surface area contributed by atoms with E-state index in [0.717, 1.165) is 23.0 Å². The predicted molar refractivity (Wildman–Crippen MR) is 98.1 cm³/mol. The van der Waals surface area contributed by atoms with Crippen LogP contribution < -0.4 is 9.47 Å². The van der Waals surface area contributed by atoms with Crippen LogP contribution >= 0.6 is 0 Å². The molecule has 0 unspecified atom stereocenters. The van der Waals surface area contributed by atoms with E-state index in [1.165, 1.54) is 0 Å². The van der Waals surface area contributed by atoms with Gasteiger partial charge >= 0.3 is 0 Å². The van der Waals surface area contributed by atoms with E-state index < -0.39 is 0 Å². The Labute approximate surface area is 147 Å². The molecule has 0 aliphatic heterocycles. The minimum atomic E-state index is 0.421. The van der Waals surface area contributed by atoms with Gasteiger partial charge in [-0.05, 0) is 35.7 Å². The Morgan fingerprint density at radius 2 is 1.24 bits per heavy atom. The van der Waals surface area contributed by atoms with Crippen LogP contribution in [0.15, 0.2) is 72.8 Å². The third-order valence-electron chi connectivity index (χ3n) is 3.93. The molecule has 126 valence electrons. The van der Waals surface area contributed by atoms with Gasteiger partial charge in [-0.25, -0.2) is 0 Å². The van der Waals surface area contributed by atoms with Crippen molar-refractivity contribution in [1.29, 1.82) is 0 Å². The summed E-state index contributed by atoms with van der Waals surface area (Å²) in [6.45, 7) is 2.76. The standard InChI is InChI=1S/C22H20O3/c1-17-12-21(24-15-18-8-4-2-5-9-18)22(13-20(17)14-23)25-16-19-10-6-3-7-11-19/h2-14H,15-16H2,1H3. The lowest BCUT2D eigenvalue weighted by Gasteiger charge is -2.15. The summed E-state index contributed by atoms with van der Waals surface area (Å²) in [5, 5.41) is 0. The molecule has 25 heavy (non-hydrogen) atoms. The van der Waals surface area contributed by atoms with E-state index in [0.29, 0.717) is 30.3 Å². The highest BCUT2D eigenvalue weighted by molar-refractivity contribution is 5.79. The molecular formula is C22H20O3. The van der Waals surface area contributed by atoms with Gasteiger partial charge in [0.05, 0.1) is 0 Å². The second-order valence-electron chi connectivity index (χ2n) is 5.82. The van der Waals surface area contributed by atoms with Crippen LogP contribution in [0.3, 0.4) is 0 Å². The van der Waals surface area contributed by atoms with Crippen LogP contribution in [0.25, 0.3) is 0 Å². The van der Waals surface area contributed by atoms with Crippen LogP contribution in [0, 0.1) is 6.92 Å². The van der Waals surface area contributed by atoms with Gasteiger partial charge in [0, 0.05) is 5.56 Å². The van der Waals surface area contributed by atoms with E-state index in [4.69, 9.17) is 9.47 Å². The van der Waals surface area contributed by atoms with Crippen molar-refractivity contribution in [2.75, 3.05) is 0 Å². The smallest absolute Gasteiger partial charge is 0.162 e. The van der Waals surface area contributed by atoms with Crippen LogP contribution in [-0.4, -0.2) is 6.29 Å². The molecule has 0 aromatic heterocycles. The van der Waals surface area contributed by atoms with Crippen molar-refractivity contribution in [3.05, 3.63) is 95.1 Å². The maximum absolute atomic E-state index is 11.2. The number of hydrogen-bond donors (Lipinski definition) is 0. The molecule has 0 atom stereocenters. The Balaban J connectivity index is 1.79. The summed E-state index contributed by atoms with van der Waals surface area (Å²) in [5.74, 6) is 1.22. The number of rotatable bonds is 7. The number of benzene rings is 3. The third kappa shape index (κ3) is 4.48. The molecule has 0 bridgehead atoms. The lowest BCUT2D eigenvalue weighted by molar-refractivity contribution is 0.112. The molecule has 0 N–H and O–H groups in total. The van der Waals surface area contributed by atoms with Gasteiger partial charge < -0.3 is 9.47 Å². The minimum absolute atomic E-state index is 0.421. The molecule has 3 aromatic carbocycles. The summed E-state index contributed by atoms with van der Waals surface area (Å²) in [7, 11) is 0. The summed E-state index contributed by atoms with van der Waals surface area (Å²) < 4.78 is 11.9. The van der Waals surface area contributed by atoms with Crippen molar-refractivity contribution in [2.45, 2.75) is 20.1 Å². The van der Waals surface area contributed by atoms with E-state index >= 15 is 0 Å². The van der Waals surface area contributed by atoms with Gasteiger partial charge in [0.2, 0.25) is 0 Å². The molecule has 3 heteroatoms. The summed E-state index contributed by atoms with van der Waals surface area (Å²) in [5.41, 5.74) is 3.61. The molecule has 0 aliphatic carbocycles. The van der Waals surface area contributed by atoms with Gasteiger partial charge in [0.15, 0.2) is 11.5 Å². The maximum Gasteiger partial charge on any atom is 0.162 e. The van der Waals surface area contributed by atoms with Crippen LogP contribution in [0.4, 0.5) is 0 Å². The molecular weight excluding hydrogens is 312 g/mol. The lowest BCUT2D eigenvalue weighted by Crippen LogP contribution is -2.02. The van der Waals surface area contributed by atoms with Crippen LogP contribution in [0.5, 0.6) is 11.5 Å². The Kier molecular flexibility index (Phi) is 5.47. The topological polar surface area (TPSA) is 35.5 Å². The van der Waals surface area contributed by atoms with Gasteiger partial charge in [0.25, 0.3) is 0 Å². The first-order chi connectivity index (χ1) is 12.3. The number of carbonyl (C=O) groups is 1. The predicted octanol–water partition coefficient (Wildman–Crippen LogP) is 4.97. The highest BCUT2D eigenvalue weighted by Crippen LogP contribution is 2.31. The summed E-state index contributed by atoms with van der Waals surface area (Å²) >= 11 is 0. The molecule has 0 fully saturated rings. The van der Waals surface area contributed by atoms with Crippen LogP contribution in [0.2, 0.25) is 0 Å². The first-order valence-corrected chi connectivity index (χ1v) is 8.19. The second-order valence-corrected chi connectivity index (χ2v) is 5.82. The Hall–Kier alpha value is -3.07. The van der Waals surface area contributed by atoms with Crippen molar-refractivity contribution >= 4 is 6.29 Å². The average Bonchev–Trinajstić information content (AvgIpc) is 2.67. The van der Waals surface area contributed by atoms with Crippen molar-refractivity contribution in [1.82, 2.24) is 0 Å². The fraction of sp³-hybridized carbons (Fsp3) is 0.136. The quantitative estimate of drug-likeness (QED) is 0.573. The zero-order chi connectivity index (χ0) is 17.5. The summed E-state index contributed by atoms with van der Waals surface area (Å²) in [6.07, 6.45) is 0.839. The lowest BCUT2D eigenvalue weighted by atomic mass is 10.1. The number of aryl methyl sites for hydroxylation is 1. The van der Waals surface area contributed by atoms with Crippen LogP contribution in [0.1, 0.15) is 27.0 Å². The van der Waals surface area contributed by atoms with Gasteiger partial charge in [-0.3, -0.25) is 4.79 Å². The molecule has 0 amide bonds. The molecule has 0 heterocycles. The molecule has 0 saturated carbocycles. The van der Waals surface area contributed by atoms with E-state index in [2.05, 4.69) is 0 Å². The highest BCUT2D eigenvalue weighted by atomic mass is 16.5. The van der Waals surface area contributed by atoms with Gasteiger partial charge in [-0.15, -0.1) is 0 Å². The zero-order valence-corrected chi connectivity index (χ0v) is 14.1. The number of aldehydes is 1. The molecule has 0 aliphatic rings. The first kappa shape index (κ1) is 16.8. The van der Waals surface area contributed by atoms with E-state index in [1.54, 1.807) is 6.07 Å². The van der Waals surface area contributed by atoms with E-state index in [-0.39, 0.29) is 0 Å². The molecule has 0 spiro atoms. The van der Waals surface area contributed by atoms with Crippen molar-refractivity contribution < 1.29 is 14.3 Å². The fourth-order valence-corrected chi connectivity index (χ4v) is 2.50. The Bertz CT molecular complexity index is 827. The number of ether oxygens (including phenoxy) is 2. The van der Waals surface area contributed by atoms with E-state index in [1.807, 2.05) is 73.7 Å². The SMILES string of the molecule is Cc1cc(OCc2ccccc2)c(OCc2ccccc2)cc1C=O. The maximum atomic E-state index is 11.2. The summed E-state index contributed by atoms with van der Waals surface area (Å²) in [4.78, 5) is 11.2.